The van der Waals surface area contributed by atoms with E-state index in [9.17, 15) is 9.90 Å². The van der Waals surface area contributed by atoms with Crippen LogP contribution >= 0.6 is 0 Å². The molecular formula is C15H24O3Si. The van der Waals surface area contributed by atoms with Crippen LogP contribution in [0.3, 0.4) is 0 Å². The van der Waals surface area contributed by atoms with Crippen molar-refractivity contribution in [3.8, 4) is 0 Å². The minimum atomic E-state index is -2.07. The Labute approximate surface area is 116 Å². The monoisotopic (exact) mass is 280 g/mol. The molecule has 0 aliphatic rings. The van der Waals surface area contributed by atoms with Gasteiger partial charge >= 0.3 is 5.97 Å². The molecule has 1 atom stereocenters. The van der Waals surface area contributed by atoms with Gasteiger partial charge in [-0.1, -0.05) is 51.1 Å². The van der Waals surface area contributed by atoms with Gasteiger partial charge in [0.1, 0.15) is 6.10 Å². The maximum Gasteiger partial charge on any atom is 0.331 e. The first-order valence-electron chi connectivity index (χ1n) is 6.58. The van der Waals surface area contributed by atoms with E-state index in [1.165, 1.54) is 0 Å². The van der Waals surface area contributed by atoms with Crippen molar-refractivity contribution in [3.63, 3.8) is 0 Å². The van der Waals surface area contributed by atoms with E-state index in [1.54, 1.807) is 0 Å². The van der Waals surface area contributed by atoms with Gasteiger partial charge in [0.25, 0.3) is 0 Å². The van der Waals surface area contributed by atoms with Crippen molar-refractivity contribution in [2.45, 2.75) is 51.4 Å². The Bertz CT molecular complexity index is 421. The molecule has 0 amide bonds. The standard InChI is InChI=1S/C15H24O3Si/c1-15(2,3)19(4,5)18-13(14(16)17)11-12-9-7-6-8-10-12/h6-10,13H,11H2,1-5H3,(H,16,17). The third-order valence-corrected chi connectivity index (χ3v) is 8.27. The SMILES string of the molecule is CC(C)(C)[Si](C)(C)OC(Cc1ccccc1)C(=O)O. The first-order valence-corrected chi connectivity index (χ1v) is 9.49. The van der Waals surface area contributed by atoms with Crippen molar-refractivity contribution in [2.24, 2.45) is 0 Å². The van der Waals surface area contributed by atoms with Crippen LogP contribution in [0.5, 0.6) is 0 Å². The van der Waals surface area contributed by atoms with Gasteiger partial charge in [0.2, 0.25) is 0 Å². The normalized spacial score (nSPS) is 14.2. The van der Waals surface area contributed by atoms with E-state index in [-0.39, 0.29) is 5.04 Å². The zero-order valence-corrected chi connectivity index (χ0v) is 13.4. The second-order valence-electron chi connectivity index (χ2n) is 6.39. The van der Waals surface area contributed by atoms with Crippen molar-refractivity contribution in [2.75, 3.05) is 0 Å². The van der Waals surface area contributed by atoms with Crippen LogP contribution in [0.25, 0.3) is 0 Å². The summed E-state index contributed by atoms with van der Waals surface area (Å²) >= 11 is 0. The van der Waals surface area contributed by atoms with Crippen LogP contribution in [-0.4, -0.2) is 25.5 Å². The Hall–Kier alpha value is -1.13. The maximum atomic E-state index is 11.4. The Balaban J connectivity index is 2.83. The van der Waals surface area contributed by atoms with Crippen molar-refractivity contribution >= 4 is 14.3 Å². The molecule has 19 heavy (non-hydrogen) atoms. The summed E-state index contributed by atoms with van der Waals surface area (Å²) in [5, 5.41) is 9.37. The second kappa shape index (κ2) is 5.88. The fraction of sp³-hybridized carbons (Fsp3) is 0.533. The van der Waals surface area contributed by atoms with Gasteiger partial charge in [-0.3, -0.25) is 0 Å². The summed E-state index contributed by atoms with van der Waals surface area (Å²) in [6.45, 7) is 10.5. The fourth-order valence-electron chi connectivity index (χ4n) is 1.54. The van der Waals surface area contributed by atoms with Crippen molar-refractivity contribution in [3.05, 3.63) is 35.9 Å². The topological polar surface area (TPSA) is 46.5 Å². The van der Waals surface area contributed by atoms with Crippen LogP contribution in [0.1, 0.15) is 26.3 Å². The lowest BCUT2D eigenvalue weighted by atomic mass is 10.1. The highest BCUT2D eigenvalue weighted by molar-refractivity contribution is 6.74. The Morgan fingerprint density at radius 2 is 1.79 bits per heavy atom. The van der Waals surface area contributed by atoms with Crippen LogP contribution in [0, 0.1) is 0 Å². The lowest BCUT2D eigenvalue weighted by molar-refractivity contribution is -0.145. The molecule has 0 aromatic heterocycles. The molecular weight excluding hydrogens is 256 g/mol. The molecule has 0 saturated carbocycles. The highest BCUT2D eigenvalue weighted by Crippen LogP contribution is 2.37. The molecule has 0 bridgehead atoms. The molecule has 0 heterocycles. The molecule has 1 rings (SSSR count). The summed E-state index contributed by atoms with van der Waals surface area (Å²) < 4.78 is 6.01. The molecule has 0 radical (unpaired) electrons. The van der Waals surface area contributed by atoms with Gasteiger partial charge in [-0.15, -0.1) is 0 Å². The van der Waals surface area contributed by atoms with Gasteiger partial charge in [-0.25, -0.2) is 4.79 Å². The number of rotatable bonds is 5. The predicted octanol–water partition coefficient (Wildman–Crippen LogP) is 3.70. The lowest BCUT2D eigenvalue weighted by Gasteiger charge is -2.38. The summed E-state index contributed by atoms with van der Waals surface area (Å²) in [4.78, 5) is 11.4. The van der Waals surface area contributed by atoms with E-state index >= 15 is 0 Å². The summed E-state index contributed by atoms with van der Waals surface area (Å²) in [7, 11) is -2.07. The minimum absolute atomic E-state index is 0.0113. The first kappa shape index (κ1) is 15.9. The average Bonchev–Trinajstić information content (AvgIpc) is 2.27. The Morgan fingerprint density at radius 1 is 1.26 bits per heavy atom. The molecule has 4 heteroatoms. The smallest absolute Gasteiger partial charge is 0.331 e. The summed E-state index contributed by atoms with van der Waals surface area (Å²) in [6.07, 6.45) is -0.342. The van der Waals surface area contributed by atoms with E-state index in [1.807, 2.05) is 30.3 Å². The van der Waals surface area contributed by atoms with Crippen LogP contribution in [-0.2, 0) is 15.6 Å². The first-order chi connectivity index (χ1) is 8.63. The molecule has 3 nitrogen and oxygen atoms in total. The largest absolute Gasteiger partial charge is 0.479 e. The van der Waals surface area contributed by atoms with Gasteiger partial charge in [-0.2, -0.15) is 0 Å². The van der Waals surface area contributed by atoms with E-state index in [0.29, 0.717) is 6.42 Å². The van der Waals surface area contributed by atoms with E-state index in [0.717, 1.165) is 5.56 Å². The van der Waals surface area contributed by atoms with Crippen molar-refractivity contribution in [1.29, 1.82) is 0 Å². The summed E-state index contributed by atoms with van der Waals surface area (Å²) in [5.74, 6) is -0.881. The van der Waals surface area contributed by atoms with Gasteiger partial charge in [-0.05, 0) is 23.7 Å². The molecule has 1 aromatic carbocycles. The molecule has 0 spiro atoms. The molecule has 0 aliphatic carbocycles. The van der Waals surface area contributed by atoms with Crippen molar-refractivity contribution < 1.29 is 14.3 Å². The molecule has 1 unspecified atom stereocenters. The van der Waals surface area contributed by atoms with Crippen LogP contribution in [0.15, 0.2) is 30.3 Å². The van der Waals surface area contributed by atoms with Gasteiger partial charge in [0.05, 0.1) is 0 Å². The quantitative estimate of drug-likeness (QED) is 0.836. The number of aliphatic carboxylic acids is 1. The van der Waals surface area contributed by atoms with Crippen molar-refractivity contribution in [1.82, 2.24) is 0 Å². The number of carboxylic acids is 1. The molecule has 0 saturated heterocycles. The predicted molar refractivity (Wildman–Crippen MR) is 79.9 cm³/mol. The zero-order chi connectivity index (χ0) is 14.7. The van der Waals surface area contributed by atoms with E-state index in [4.69, 9.17) is 4.43 Å². The van der Waals surface area contributed by atoms with E-state index < -0.39 is 20.4 Å². The number of hydrogen-bond acceptors (Lipinski definition) is 2. The number of carbonyl (C=O) groups is 1. The number of hydrogen-bond donors (Lipinski definition) is 1. The second-order valence-corrected chi connectivity index (χ2v) is 11.2. The fourth-order valence-corrected chi connectivity index (χ4v) is 2.79. The van der Waals surface area contributed by atoms with Crippen LogP contribution < -0.4 is 0 Å². The molecule has 1 aromatic rings. The van der Waals surface area contributed by atoms with Gasteiger partial charge in [0.15, 0.2) is 8.32 Å². The molecule has 106 valence electrons. The molecule has 0 aliphatic heterocycles. The molecule has 1 N–H and O–H groups in total. The third kappa shape index (κ3) is 4.47. The average molecular weight is 280 g/mol. The van der Waals surface area contributed by atoms with Crippen LogP contribution in [0.2, 0.25) is 18.1 Å². The lowest BCUT2D eigenvalue weighted by Crippen LogP contribution is -2.46. The summed E-state index contributed by atoms with van der Waals surface area (Å²) in [5.41, 5.74) is 0.994. The minimum Gasteiger partial charge on any atom is -0.479 e. The van der Waals surface area contributed by atoms with E-state index in [2.05, 4.69) is 33.9 Å². The zero-order valence-electron chi connectivity index (χ0n) is 12.4. The third-order valence-electron chi connectivity index (χ3n) is 3.78. The van der Waals surface area contributed by atoms with Gasteiger partial charge in [0, 0.05) is 6.42 Å². The molecule has 0 fully saturated rings. The highest BCUT2D eigenvalue weighted by atomic mass is 28.4. The summed E-state index contributed by atoms with van der Waals surface area (Å²) in [6, 6.07) is 9.63. The number of benzene rings is 1. The van der Waals surface area contributed by atoms with Crippen LogP contribution in [0.4, 0.5) is 0 Å². The highest BCUT2D eigenvalue weighted by Gasteiger charge is 2.40. The Kier molecular flexibility index (Phi) is 4.93. The maximum absolute atomic E-state index is 11.4. The number of carboxylic acid groups (broad SMARTS) is 1. The van der Waals surface area contributed by atoms with Gasteiger partial charge < -0.3 is 9.53 Å². The Morgan fingerprint density at radius 3 is 2.21 bits per heavy atom.